The minimum Gasteiger partial charge on any atom is -0.383 e. The minimum absolute atomic E-state index is 0.235. The number of rotatable bonds is 9. The number of para-hydroxylation sites is 1. The lowest BCUT2D eigenvalue weighted by Gasteiger charge is -2.32. The molecule has 0 atom stereocenters. The lowest BCUT2D eigenvalue weighted by molar-refractivity contribution is 0.0705. The van der Waals surface area contributed by atoms with E-state index >= 15 is 0 Å². The van der Waals surface area contributed by atoms with E-state index in [0.29, 0.717) is 18.5 Å². The van der Waals surface area contributed by atoms with Crippen LogP contribution < -0.4 is 15.7 Å². The van der Waals surface area contributed by atoms with E-state index in [9.17, 15) is 4.79 Å². The van der Waals surface area contributed by atoms with Crippen LogP contribution >= 0.6 is 0 Å². The molecule has 0 unspecified atom stereocenters. The predicted molar refractivity (Wildman–Crippen MR) is 122 cm³/mol. The van der Waals surface area contributed by atoms with Gasteiger partial charge < -0.3 is 19.5 Å². The number of carbonyl (C=O) groups excluding carboxylic acids is 1. The molecule has 9 nitrogen and oxygen atoms in total. The van der Waals surface area contributed by atoms with Gasteiger partial charge in [-0.2, -0.15) is 0 Å². The van der Waals surface area contributed by atoms with Gasteiger partial charge in [0, 0.05) is 62.8 Å². The fourth-order valence-electron chi connectivity index (χ4n) is 4.25. The van der Waals surface area contributed by atoms with E-state index in [0.717, 1.165) is 45.6 Å². The maximum atomic E-state index is 11.4. The summed E-state index contributed by atoms with van der Waals surface area (Å²) in [5, 5.41) is 13.6. The Morgan fingerprint density at radius 1 is 1.22 bits per heavy atom. The number of methoxy groups -OCH3 is 1. The summed E-state index contributed by atoms with van der Waals surface area (Å²) in [7, 11) is 1.73. The molecule has 2 aromatic heterocycles. The first kappa shape index (κ1) is 22.2. The number of nitrogens with one attached hydrogen (secondary N) is 2. The first-order chi connectivity index (χ1) is 15.7. The van der Waals surface area contributed by atoms with E-state index in [1.165, 1.54) is 28.9 Å². The van der Waals surface area contributed by atoms with Gasteiger partial charge in [0.2, 0.25) is 5.95 Å². The molecule has 0 saturated carbocycles. The third kappa shape index (κ3) is 5.07. The Labute approximate surface area is 187 Å². The van der Waals surface area contributed by atoms with Crippen LogP contribution in [-0.2, 0) is 17.8 Å². The zero-order valence-corrected chi connectivity index (χ0v) is 18.3. The van der Waals surface area contributed by atoms with E-state index in [4.69, 9.17) is 9.94 Å². The topological polar surface area (TPSA) is 105 Å². The molecule has 0 aliphatic carbocycles. The Bertz CT molecular complexity index is 1030. The van der Waals surface area contributed by atoms with Crippen molar-refractivity contribution in [3.05, 3.63) is 54.0 Å². The van der Waals surface area contributed by atoms with Crippen molar-refractivity contribution < 1.29 is 14.7 Å². The lowest BCUT2D eigenvalue weighted by atomic mass is 9.97. The molecule has 4 rings (SSSR count). The van der Waals surface area contributed by atoms with E-state index in [-0.39, 0.29) is 5.56 Å². The summed E-state index contributed by atoms with van der Waals surface area (Å²) in [5.74, 6) is 0.616. The van der Waals surface area contributed by atoms with Crippen LogP contribution in [0.4, 0.5) is 5.95 Å². The molecule has 1 aliphatic rings. The number of benzene rings is 1. The average molecular weight is 439 g/mol. The zero-order valence-electron chi connectivity index (χ0n) is 18.3. The fraction of sp³-hybridized carbons (Fsp3) is 0.435. The second kappa shape index (κ2) is 10.5. The van der Waals surface area contributed by atoms with E-state index < -0.39 is 5.91 Å². The van der Waals surface area contributed by atoms with E-state index in [1.54, 1.807) is 12.6 Å². The molecule has 0 spiro atoms. The predicted octanol–water partition coefficient (Wildman–Crippen LogP) is 2.20. The highest BCUT2D eigenvalue weighted by atomic mass is 16.5. The number of amides is 1. The number of hydrogen-bond donors (Lipinski definition) is 3. The average Bonchev–Trinajstić information content (AvgIpc) is 3.20. The van der Waals surface area contributed by atoms with Gasteiger partial charge in [-0.25, -0.2) is 15.4 Å². The Balaban J connectivity index is 1.27. The van der Waals surface area contributed by atoms with E-state index in [1.807, 2.05) is 0 Å². The van der Waals surface area contributed by atoms with E-state index in [2.05, 4.69) is 55.2 Å². The van der Waals surface area contributed by atoms with Gasteiger partial charge in [-0.05, 0) is 36.9 Å². The first-order valence-corrected chi connectivity index (χ1v) is 11.0. The molecule has 1 aromatic carbocycles. The molecule has 0 radical (unpaired) electrons. The fourth-order valence-corrected chi connectivity index (χ4v) is 4.25. The number of carbonyl (C=O) groups is 1. The monoisotopic (exact) mass is 438 g/mol. The standard InChI is InChI=1S/C23H30N6O3/c1-32-11-10-29-16-19(20-4-2-3-5-21(20)29)13-24-12-17-6-8-28(9-7-17)23-25-14-18(15-26-23)22(30)27-31/h2-5,14-17,24,31H,6-13H2,1H3,(H,27,30). The maximum absolute atomic E-state index is 11.4. The number of piperidine rings is 1. The van der Waals surface area contributed by atoms with Crippen LogP contribution in [0.25, 0.3) is 10.9 Å². The number of hydroxylamine groups is 1. The molecule has 3 heterocycles. The molecule has 1 fully saturated rings. The smallest absolute Gasteiger partial charge is 0.277 e. The van der Waals surface area contributed by atoms with Crippen LogP contribution in [0.5, 0.6) is 0 Å². The Kier molecular flexibility index (Phi) is 7.31. The van der Waals surface area contributed by atoms with Crippen molar-refractivity contribution in [3.8, 4) is 0 Å². The van der Waals surface area contributed by atoms with Crippen LogP contribution in [0.15, 0.2) is 42.9 Å². The highest BCUT2D eigenvalue weighted by molar-refractivity contribution is 5.92. The van der Waals surface area contributed by atoms with Crippen molar-refractivity contribution in [1.82, 2.24) is 25.3 Å². The van der Waals surface area contributed by atoms with Gasteiger partial charge in [0.25, 0.3) is 5.91 Å². The van der Waals surface area contributed by atoms with Crippen LogP contribution in [0.3, 0.4) is 0 Å². The van der Waals surface area contributed by atoms with Crippen LogP contribution in [0.1, 0.15) is 28.8 Å². The largest absolute Gasteiger partial charge is 0.383 e. The molecule has 0 bridgehead atoms. The van der Waals surface area contributed by atoms with Gasteiger partial charge in [0.15, 0.2) is 0 Å². The molecule has 1 amide bonds. The molecular weight excluding hydrogens is 408 g/mol. The molecule has 170 valence electrons. The summed E-state index contributed by atoms with van der Waals surface area (Å²) < 4.78 is 7.52. The molecule has 3 aromatic rings. The van der Waals surface area contributed by atoms with Gasteiger partial charge in [-0.3, -0.25) is 10.0 Å². The lowest BCUT2D eigenvalue weighted by Crippen LogP contribution is -2.38. The second-order valence-electron chi connectivity index (χ2n) is 8.13. The molecular formula is C23H30N6O3. The number of aromatic nitrogens is 3. The van der Waals surface area contributed by atoms with Gasteiger partial charge in [-0.15, -0.1) is 0 Å². The number of nitrogens with zero attached hydrogens (tertiary/aromatic N) is 4. The van der Waals surface area contributed by atoms with Gasteiger partial charge in [0.05, 0.1) is 12.2 Å². The first-order valence-electron chi connectivity index (χ1n) is 11.0. The van der Waals surface area contributed by atoms with Crippen molar-refractivity contribution in [2.75, 3.05) is 38.3 Å². The molecule has 1 aliphatic heterocycles. The summed E-state index contributed by atoms with van der Waals surface area (Å²) in [4.78, 5) is 22.1. The van der Waals surface area contributed by atoms with Crippen molar-refractivity contribution >= 4 is 22.8 Å². The number of anilines is 1. The SMILES string of the molecule is COCCn1cc(CNCC2CCN(c3ncc(C(=O)NO)cn3)CC2)c2ccccc21. The summed E-state index contributed by atoms with van der Waals surface area (Å²) in [6.07, 6.45) is 7.22. The van der Waals surface area contributed by atoms with Crippen LogP contribution in [-0.4, -0.2) is 59.0 Å². The highest BCUT2D eigenvalue weighted by Crippen LogP contribution is 2.23. The third-order valence-corrected chi connectivity index (χ3v) is 6.06. The summed E-state index contributed by atoms with van der Waals surface area (Å²) in [6.45, 7) is 5.14. The number of ether oxygens (including phenoxy) is 1. The van der Waals surface area contributed by atoms with Crippen molar-refractivity contribution in [1.29, 1.82) is 0 Å². The Morgan fingerprint density at radius 2 is 1.97 bits per heavy atom. The van der Waals surface area contributed by atoms with Gasteiger partial charge in [-0.1, -0.05) is 18.2 Å². The van der Waals surface area contributed by atoms with Crippen molar-refractivity contribution in [2.45, 2.75) is 25.9 Å². The van der Waals surface area contributed by atoms with Crippen LogP contribution in [0, 0.1) is 5.92 Å². The van der Waals surface area contributed by atoms with Gasteiger partial charge in [0.1, 0.15) is 0 Å². The normalized spacial score (nSPS) is 14.8. The number of hydrogen-bond acceptors (Lipinski definition) is 7. The Hall–Kier alpha value is -3.01. The summed E-state index contributed by atoms with van der Waals surface area (Å²) in [6, 6.07) is 8.51. The molecule has 9 heteroatoms. The highest BCUT2D eigenvalue weighted by Gasteiger charge is 2.21. The van der Waals surface area contributed by atoms with Crippen LogP contribution in [0.2, 0.25) is 0 Å². The maximum Gasteiger partial charge on any atom is 0.277 e. The van der Waals surface area contributed by atoms with Crippen molar-refractivity contribution in [3.63, 3.8) is 0 Å². The minimum atomic E-state index is -0.608. The molecule has 1 saturated heterocycles. The second-order valence-corrected chi connectivity index (χ2v) is 8.13. The molecule has 32 heavy (non-hydrogen) atoms. The van der Waals surface area contributed by atoms with Gasteiger partial charge >= 0.3 is 0 Å². The molecule has 3 N–H and O–H groups in total. The zero-order chi connectivity index (χ0) is 22.3. The summed E-state index contributed by atoms with van der Waals surface area (Å²) in [5.41, 5.74) is 4.39. The third-order valence-electron chi connectivity index (χ3n) is 6.06. The quantitative estimate of drug-likeness (QED) is 0.347. The summed E-state index contributed by atoms with van der Waals surface area (Å²) >= 11 is 0. The number of fused-ring (bicyclic) bond motifs is 1. The Morgan fingerprint density at radius 3 is 2.69 bits per heavy atom. The van der Waals surface area contributed by atoms with Crippen molar-refractivity contribution in [2.24, 2.45) is 5.92 Å².